The van der Waals surface area contributed by atoms with Gasteiger partial charge in [0.25, 0.3) is 5.91 Å². The number of carboxylic acid groups (broad SMARTS) is 1. The molecule has 0 aromatic heterocycles. The number of rotatable bonds is 5. The topological polar surface area (TPSA) is 85.3 Å². The van der Waals surface area contributed by atoms with Gasteiger partial charge in [-0.15, -0.1) is 0 Å². The molecule has 7 heteroatoms. The van der Waals surface area contributed by atoms with Crippen LogP contribution in [0.1, 0.15) is 70.6 Å². The third-order valence-corrected chi connectivity index (χ3v) is 7.39. The minimum atomic E-state index is -1.16. The van der Waals surface area contributed by atoms with Crippen LogP contribution in [0.3, 0.4) is 0 Å². The van der Waals surface area contributed by atoms with Gasteiger partial charge in [0, 0.05) is 24.2 Å². The Morgan fingerprint density at radius 1 is 0.897 bits per heavy atom. The molecule has 0 unspecified atom stereocenters. The third kappa shape index (κ3) is 5.11. The highest BCUT2D eigenvalue weighted by molar-refractivity contribution is 5.95. The third-order valence-electron chi connectivity index (χ3n) is 7.39. The van der Waals surface area contributed by atoms with Crippen molar-refractivity contribution in [2.75, 3.05) is 13.2 Å². The molecule has 0 saturated carbocycles. The minimum Gasteiger partial charge on any atom is -0.486 e. The number of nitrogens with zero attached hydrogens (tertiary/aromatic N) is 1. The molecule has 3 aromatic rings. The van der Waals surface area contributed by atoms with Crippen LogP contribution in [-0.2, 0) is 22.6 Å². The molecule has 0 spiro atoms. The molecule has 1 atom stereocenters. The van der Waals surface area contributed by atoms with Crippen LogP contribution in [0.2, 0.25) is 0 Å². The molecule has 0 fully saturated rings. The van der Waals surface area contributed by atoms with E-state index < -0.39 is 17.7 Å². The predicted octanol–water partition coefficient (Wildman–Crippen LogP) is 6.15. The number of benzene rings is 3. The fraction of sp³-hybridized carbons (Fsp3) is 0.375. The van der Waals surface area contributed by atoms with E-state index in [1.807, 2.05) is 65.8 Å². The summed E-state index contributed by atoms with van der Waals surface area (Å²) < 4.78 is 17.5. The molecule has 5 rings (SSSR count). The van der Waals surface area contributed by atoms with Crippen LogP contribution >= 0.6 is 0 Å². The molecule has 0 radical (unpaired) electrons. The lowest BCUT2D eigenvalue weighted by atomic mass is 9.83. The van der Waals surface area contributed by atoms with Crippen molar-refractivity contribution < 1.29 is 28.9 Å². The SMILES string of the molecule is Cc1ccc(-c2c(C)c3c(c(C)c2[C@H](OC(C)(C)C)C(=O)O)CN(C(=O)c2ccc4c(c2)OCCO4)C3)cc1. The Bertz CT molecular complexity index is 1450. The number of ether oxygens (including phenoxy) is 3. The van der Waals surface area contributed by atoms with Crippen LogP contribution in [0, 0.1) is 20.8 Å². The summed E-state index contributed by atoms with van der Waals surface area (Å²) >= 11 is 0. The summed E-state index contributed by atoms with van der Waals surface area (Å²) in [6, 6.07) is 13.4. The first-order chi connectivity index (χ1) is 18.4. The summed E-state index contributed by atoms with van der Waals surface area (Å²) in [5, 5.41) is 10.3. The maximum Gasteiger partial charge on any atom is 0.337 e. The zero-order chi connectivity index (χ0) is 28.1. The van der Waals surface area contributed by atoms with Crippen LogP contribution in [-0.4, -0.2) is 40.7 Å². The van der Waals surface area contributed by atoms with E-state index in [9.17, 15) is 14.7 Å². The monoisotopic (exact) mass is 529 g/mol. The highest BCUT2D eigenvalue weighted by Crippen LogP contribution is 2.44. The molecule has 2 heterocycles. The lowest BCUT2D eigenvalue weighted by Crippen LogP contribution is -2.28. The summed E-state index contributed by atoms with van der Waals surface area (Å²) in [6.07, 6.45) is -1.16. The van der Waals surface area contributed by atoms with Crippen LogP contribution in [0.25, 0.3) is 11.1 Å². The van der Waals surface area contributed by atoms with Crippen LogP contribution in [0.4, 0.5) is 0 Å². The van der Waals surface area contributed by atoms with Crippen molar-refractivity contribution >= 4 is 11.9 Å². The highest BCUT2D eigenvalue weighted by Gasteiger charge is 2.36. The smallest absolute Gasteiger partial charge is 0.337 e. The molecule has 39 heavy (non-hydrogen) atoms. The van der Waals surface area contributed by atoms with Gasteiger partial charge in [0.2, 0.25) is 0 Å². The summed E-state index contributed by atoms with van der Waals surface area (Å²) in [4.78, 5) is 28.1. The van der Waals surface area contributed by atoms with E-state index in [-0.39, 0.29) is 5.91 Å². The van der Waals surface area contributed by atoms with E-state index in [1.165, 1.54) is 0 Å². The van der Waals surface area contributed by atoms with Gasteiger partial charge in [-0.1, -0.05) is 29.8 Å². The van der Waals surface area contributed by atoms with Gasteiger partial charge >= 0.3 is 5.97 Å². The largest absolute Gasteiger partial charge is 0.486 e. The minimum absolute atomic E-state index is 0.110. The highest BCUT2D eigenvalue weighted by atomic mass is 16.6. The number of fused-ring (bicyclic) bond motifs is 2. The number of hydrogen-bond acceptors (Lipinski definition) is 5. The van der Waals surface area contributed by atoms with E-state index in [0.29, 0.717) is 48.9 Å². The molecule has 2 aliphatic rings. The van der Waals surface area contributed by atoms with E-state index in [0.717, 1.165) is 38.9 Å². The zero-order valence-electron chi connectivity index (χ0n) is 23.4. The Labute approximate surface area is 229 Å². The zero-order valence-corrected chi connectivity index (χ0v) is 23.4. The molecule has 0 aliphatic carbocycles. The van der Waals surface area contributed by atoms with E-state index >= 15 is 0 Å². The molecule has 7 nitrogen and oxygen atoms in total. The number of carboxylic acids is 1. The van der Waals surface area contributed by atoms with Gasteiger partial charge in [0.1, 0.15) is 13.2 Å². The molecular formula is C32H35NO6. The number of hydrogen-bond donors (Lipinski definition) is 1. The van der Waals surface area contributed by atoms with Gasteiger partial charge in [-0.2, -0.15) is 0 Å². The maximum atomic E-state index is 13.6. The van der Waals surface area contributed by atoms with Crippen molar-refractivity contribution in [1.29, 1.82) is 0 Å². The van der Waals surface area contributed by atoms with Crippen molar-refractivity contribution in [2.24, 2.45) is 0 Å². The van der Waals surface area contributed by atoms with E-state index in [4.69, 9.17) is 14.2 Å². The molecular weight excluding hydrogens is 494 g/mol. The number of aliphatic carboxylic acids is 1. The summed E-state index contributed by atoms with van der Waals surface area (Å²) in [5.74, 6) is 0.0629. The van der Waals surface area contributed by atoms with Crippen LogP contribution in [0.15, 0.2) is 42.5 Å². The molecule has 3 aromatic carbocycles. The van der Waals surface area contributed by atoms with Gasteiger partial charge in [0.15, 0.2) is 17.6 Å². The second kappa shape index (κ2) is 10.0. The average molecular weight is 530 g/mol. The molecule has 1 N–H and O–H groups in total. The van der Waals surface area contributed by atoms with Gasteiger partial charge in [0.05, 0.1) is 5.60 Å². The van der Waals surface area contributed by atoms with Gasteiger partial charge < -0.3 is 24.2 Å². The molecule has 0 bridgehead atoms. The number of aryl methyl sites for hydroxylation is 1. The maximum absolute atomic E-state index is 13.6. The lowest BCUT2D eigenvalue weighted by molar-refractivity contribution is -0.160. The van der Waals surface area contributed by atoms with E-state index in [2.05, 4.69) is 0 Å². The van der Waals surface area contributed by atoms with Gasteiger partial charge in [-0.05, 0) is 93.1 Å². The average Bonchev–Trinajstić information content (AvgIpc) is 3.35. The van der Waals surface area contributed by atoms with E-state index in [1.54, 1.807) is 23.1 Å². The van der Waals surface area contributed by atoms with Crippen molar-refractivity contribution in [3.05, 3.63) is 81.4 Å². The summed E-state index contributed by atoms with van der Waals surface area (Å²) in [7, 11) is 0. The second-order valence-corrected chi connectivity index (χ2v) is 11.3. The van der Waals surface area contributed by atoms with Gasteiger partial charge in [-0.3, -0.25) is 4.79 Å². The first-order valence-electron chi connectivity index (χ1n) is 13.3. The Morgan fingerprint density at radius 3 is 2.13 bits per heavy atom. The standard InChI is InChI=1S/C32H35NO6/c1-18-7-9-21(10-8-18)27-19(2)23-16-33(30(34)22-11-12-25-26(15-22)38-14-13-37-25)17-24(23)20(3)28(27)29(31(35)36)39-32(4,5)6/h7-12,15,29H,13-14,16-17H2,1-6H3,(H,35,36)/t29-/m0/s1. The number of amides is 1. The van der Waals surface area contributed by atoms with Gasteiger partial charge in [-0.25, -0.2) is 4.79 Å². The number of carbonyl (C=O) groups is 2. The van der Waals surface area contributed by atoms with Crippen LogP contribution in [0.5, 0.6) is 11.5 Å². The normalized spacial score (nSPS) is 15.2. The van der Waals surface area contributed by atoms with Crippen LogP contribution < -0.4 is 9.47 Å². The summed E-state index contributed by atoms with van der Waals surface area (Å²) in [5.41, 5.74) is 7.25. The van der Waals surface area contributed by atoms with Crippen molar-refractivity contribution in [1.82, 2.24) is 4.90 Å². The first kappa shape index (κ1) is 26.8. The molecule has 2 aliphatic heterocycles. The Kier molecular flexibility index (Phi) is 6.89. The number of carbonyl (C=O) groups excluding carboxylic acids is 1. The van der Waals surface area contributed by atoms with Crippen molar-refractivity contribution in [2.45, 2.75) is 66.3 Å². The molecule has 0 saturated heterocycles. The Morgan fingerprint density at radius 2 is 1.51 bits per heavy atom. The Hall–Kier alpha value is -3.84. The summed E-state index contributed by atoms with van der Waals surface area (Å²) in [6.45, 7) is 13.3. The fourth-order valence-corrected chi connectivity index (χ4v) is 5.53. The van der Waals surface area contributed by atoms with Crippen molar-refractivity contribution in [3.63, 3.8) is 0 Å². The predicted molar refractivity (Wildman–Crippen MR) is 148 cm³/mol. The quantitative estimate of drug-likeness (QED) is 0.427. The fourth-order valence-electron chi connectivity index (χ4n) is 5.53. The molecule has 204 valence electrons. The Balaban J connectivity index is 1.61. The first-order valence-corrected chi connectivity index (χ1v) is 13.3. The van der Waals surface area contributed by atoms with Crippen molar-refractivity contribution in [3.8, 4) is 22.6 Å². The molecule has 1 amide bonds. The second-order valence-electron chi connectivity index (χ2n) is 11.3. The lowest BCUT2D eigenvalue weighted by Gasteiger charge is -2.29.